The summed E-state index contributed by atoms with van der Waals surface area (Å²) in [6.45, 7) is 0. The highest BCUT2D eigenvalue weighted by molar-refractivity contribution is 6.19. The first-order valence-corrected chi connectivity index (χ1v) is 19.1. The number of rotatable bonds is 5. The maximum absolute atomic E-state index is 6.25. The predicted octanol–water partition coefficient (Wildman–Crippen LogP) is 13.0. The van der Waals surface area contributed by atoms with Crippen LogP contribution in [-0.2, 0) is 0 Å². The first-order chi connectivity index (χ1) is 28.3. The molecule has 0 aliphatic heterocycles. The van der Waals surface area contributed by atoms with Crippen molar-refractivity contribution in [3.05, 3.63) is 188 Å². The van der Waals surface area contributed by atoms with Crippen molar-refractivity contribution in [2.45, 2.75) is 0 Å². The van der Waals surface area contributed by atoms with Crippen molar-refractivity contribution in [3.63, 3.8) is 0 Å². The zero-order valence-electron chi connectivity index (χ0n) is 30.5. The molecule has 266 valence electrons. The van der Waals surface area contributed by atoms with Crippen LogP contribution in [0.3, 0.4) is 0 Å². The van der Waals surface area contributed by atoms with Gasteiger partial charge in [0.2, 0.25) is 0 Å². The Kier molecular flexibility index (Phi) is 6.83. The molecular weight excluding hydrogens is 699 g/mol. The van der Waals surface area contributed by atoms with Gasteiger partial charge in [0.25, 0.3) is 0 Å². The molecule has 12 aromatic rings. The summed E-state index contributed by atoms with van der Waals surface area (Å²) < 4.78 is 11.0. The number of hydrogen-bond donors (Lipinski definition) is 0. The number of para-hydroxylation sites is 4. The second-order valence-corrected chi connectivity index (χ2v) is 14.4. The van der Waals surface area contributed by atoms with Gasteiger partial charge >= 0.3 is 0 Å². The normalized spacial score (nSPS) is 11.9. The van der Waals surface area contributed by atoms with Crippen LogP contribution in [-0.4, -0.2) is 24.1 Å². The largest absolute Gasteiger partial charge is 0.456 e. The molecule has 0 bridgehead atoms. The maximum Gasteiger partial charge on any atom is 0.164 e. The number of aromatic nitrogens is 5. The van der Waals surface area contributed by atoms with Gasteiger partial charge in [-0.05, 0) is 72.8 Å². The third-order valence-corrected chi connectivity index (χ3v) is 11.2. The lowest BCUT2D eigenvalue weighted by Gasteiger charge is -2.11. The summed E-state index contributed by atoms with van der Waals surface area (Å²) in [7, 11) is 0. The molecule has 0 unspecified atom stereocenters. The zero-order valence-corrected chi connectivity index (χ0v) is 30.5. The van der Waals surface area contributed by atoms with Crippen LogP contribution in [0, 0.1) is 0 Å². The molecule has 0 atom stereocenters. The molecule has 0 aliphatic carbocycles. The summed E-state index contributed by atoms with van der Waals surface area (Å²) in [5.41, 5.74) is 11.3. The Bertz CT molecular complexity index is 3510. The van der Waals surface area contributed by atoms with E-state index in [2.05, 4.69) is 137 Å². The molecule has 12 rings (SSSR count). The van der Waals surface area contributed by atoms with Crippen LogP contribution in [0.1, 0.15) is 0 Å². The summed E-state index contributed by atoms with van der Waals surface area (Å²) in [6, 6.07) is 65.6. The summed E-state index contributed by atoms with van der Waals surface area (Å²) in [5.74, 6) is 1.82. The van der Waals surface area contributed by atoms with Crippen LogP contribution < -0.4 is 0 Å². The van der Waals surface area contributed by atoms with E-state index in [1.807, 2.05) is 60.7 Å². The lowest BCUT2D eigenvalue weighted by atomic mass is 10.1. The van der Waals surface area contributed by atoms with Crippen LogP contribution >= 0.6 is 0 Å². The van der Waals surface area contributed by atoms with Gasteiger partial charge in [-0.15, -0.1) is 0 Å². The number of nitrogens with zero attached hydrogens (tertiary/aromatic N) is 5. The Balaban J connectivity index is 1.04. The Labute approximate surface area is 326 Å². The quantitative estimate of drug-likeness (QED) is 0.177. The average Bonchev–Trinajstić information content (AvgIpc) is 3.93. The first kappa shape index (κ1) is 31.5. The van der Waals surface area contributed by atoms with Crippen LogP contribution in [0.15, 0.2) is 192 Å². The number of hydrogen-bond acceptors (Lipinski definition) is 4. The Hall–Kier alpha value is -7.83. The van der Waals surface area contributed by atoms with Gasteiger partial charge in [0, 0.05) is 60.4 Å². The summed E-state index contributed by atoms with van der Waals surface area (Å²) >= 11 is 0. The van der Waals surface area contributed by atoms with E-state index < -0.39 is 0 Å². The molecule has 6 heteroatoms. The van der Waals surface area contributed by atoms with Crippen molar-refractivity contribution >= 4 is 65.6 Å². The number of fused-ring (bicyclic) bond motifs is 9. The van der Waals surface area contributed by atoms with Gasteiger partial charge in [0.1, 0.15) is 11.2 Å². The van der Waals surface area contributed by atoms with E-state index in [1.165, 1.54) is 32.6 Å². The highest BCUT2D eigenvalue weighted by Gasteiger charge is 2.20. The van der Waals surface area contributed by atoms with E-state index in [-0.39, 0.29) is 0 Å². The molecular formula is C51H31N5O. The van der Waals surface area contributed by atoms with Crippen LogP contribution in [0.2, 0.25) is 0 Å². The molecule has 8 aromatic carbocycles. The highest BCUT2D eigenvalue weighted by atomic mass is 16.3. The van der Waals surface area contributed by atoms with Crippen molar-refractivity contribution < 1.29 is 4.42 Å². The standard InChI is InChI=1S/C51H31N5O/c1-3-14-32(15-4-1)49-52-50(54-51(53-49)39-21-13-25-47-48(39)38-20-9-12-24-46(38)57-47)33-26-28-35(29-27-33)56-43-23-11-8-19-37(43)41-30-44-40(31-45(41)56)36-18-7-10-22-42(36)55(44)34-16-5-2-6-17-34/h1-31H. The maximum atomic E-state index is 6.25. The summed E-state index contributed by atoms with van der Waals surface area (Å²) in [5, 5.41) is 6.88. The third kappa shape index (κ3) is 4.87. The summed E-state index contributed by atoms with van der Waals surface area (Å²) in [4.78, 5) is 15.3. The van der Waals surface area contributed by atoms with Gasteiger partial charge in [0.15, 0.2) is 17.5 Å². The fraction of sp³-hybridized carbons (Fsp3) is 0. The highest BCUT2D eigenvalue weighted by Crippen LogP contribution is 2.40. The first-order valence-electron chi connectivity index (χ1n) is 19.1. The van der Waals surface area contributed by atoms with Crippen molar-refractivity contribution in [3.8, 4) is 45.5 Å². The number of furan rings is 1. The Morgan fingerprint density at radius 3 is 1.47 bits per heavy atom. The van der Waals surface area contributed by atoms with Crippen molar-refractivity contribution in [1.29, 1.82) is 0 Å². The second-order valence-electron chi connectivity index (χ2n) is 14.4. The molecule has 0 aliphatic rings. The smallest absolute Gasteiger partial charge is 0.164 e. The Morgan fingerprint density at radius 2 is 0.825 bits per heavy atom. The zero-order chi connectivity index (χ0) is 37.5. The van der Waals surface area contributed by atoms with Crippen LogP contribution in [0.25, 0.3) is 111 Å². The SMILES string of the molecule is c1ccc(-c2nc(-c3ccc(-n4c5ccccc5c5cc6c(cc54)c4ccccc4n6-c4ccccc4)cc3)nc(-c3cccc4oc5ccccc5c34)n2)cc1. The molecule has 0 fully saturated rings. The van der Waals surface area contributed by atoms with Gasteiger partial charge in [-0.25, -0.2) is 15.0 Å². The van der Waals surface area contributed by atoms with Crippen LogP contribution in [0.4, 0.5) is 0 Å². The molecule has 0 spiro atoms. The minimum absolute atomic E-state index is 0.598. The predicted molar refractivity (Wildman–Crippen MR) is 232 cm³/mol. The van der Waals surface area contributed by atoms with E-state index in [9.17, 15) is 0 Å². The van der Waals surface area contributed by atoms with Gasteiger partial charge < -0.3 is 13.6 Å². The van der Waals surface area contributed by atoms with E-state index in [4.69, 9.17) is 19.4 Å². The third-order valence-electron chi connectivity index (χ3n) is 11.2. The monoisotopic (exact) mass is 729 g/mol. The van der Waals surface area contributed by atoms with Crippen molar-refractivity contribution in [1.82, 2.24) is 24.1 Å². The number of benzene rings is 8. The van der Waals surface area contributed by atoms with Crippen molar-refractivity contribution in [2.75, 3.05) is 0 Å². The minimum atomic E-state index is 0.598. The van der Waals surface area contributed by atoms with E-state index in [0.717, 1.165) is 61.0 Å². The van der Waals surface area contributed by atoms with Gasteiger partial charge in [-0.2, -0.15) is 0 Å². The fourth-order valence-corrected chi connectivity index (χ4v) is 8.63. The van der Waals surface area contributed by atoms with Gasteiger partial charge in [-0.3, -0.25) is 0 Å². The molecule has 0 radical (unpaired) electrons. The topological polar surface area (TPSA) is 61.7 Å². The molecule has 4 heterocycles. The van der Waals surface area contributed by atoms with E-state index >= 15 is 0 Å². The molecule has 4 aromatic heterocycles. The minimum Gasteiger partial charge on any atom is -0.456 e. The molecule has 57 heavy (non-hydrogen) atoms. The van der Waals surface area contributed by atoms with Gasteiger partial charge in [0.05, 0.1) is 22.1 Å². The summed E-state index contributed by atoms with van der Waals surface area (Å²) in [6.07, 6.45) is 0. The fourth-order valence-electron chi connectivity index (χ4n) is 8.63. The molecule has 0 saturated carbocycles. The van der Waals surface area contributed by atoms with Gasteiger partial charge in [-0.1, -0.05) is 115 Å². The average molecular weight is 730 g/mol. The lowest BCUT2D eigenvalue weighted by Crippen LogP contribution is -2.01. The lowest BCUT2D eigenvalue weighted by molar-refractivity contribution is 0.669. The van der Waals surface area contributed by atoms with Crippen LogP contribution in [0.5, 0.6) is 0 Å². The Morgan fingerprint density at radius 1 is 0.333 bits per heavy atom. The molecule has 0 amide bonds. The van der Waals surface area contributed by atoms with Crippen molar-refractivity contribution in [2.24, 2.45) is 0 Å². The molecule has 0 saturated heterocycles. The van der Waals surface area contributed by atoms with E-state index in [0.29, 0.717) is 17.5 Å². The molecule has 0 N–H and O–H groups in total. The molecule has 6 nitrogen and oxygen atoms in total. The second kappa shape index (κ2) is 12.3. The van der Waals surface area contributed by atoms with E-state index in [1.54, 1.807) is 0 Å².